The third-order valence-electron chi connectivity index (χ3n) is 6.53. The largest absolute Gasteiger partial charge is 0.496 e. The molecular weight excluding hydrogens is 649 g/mol. The summed E-state index contributed by atoms with van der Waals surface area (Å²) in [6.07, 6.45) is 1.49. The molecule has 1 unspecified atom stereocenters. The van der Waals surface area contributed by atoms with E-state index in [0.717, 1.165) is 4.90 Å². The van der Waals surface area contributed by atoms with Gasteiger partial charge in [0, 0.05) is 32.8 Å². The van der Waals surface area contributed by atoms with Crippen molar-refractivity contribution in [1.82, 2.24) is 5.32 Å². The van der Waals surface area contributed by atoms with E-state index in [1.54, 1.807) is 85.8 Å². The Morgan fingerprint density at radius 2 is 1.48 bits per heavy atom. The highest BCUT2D eigenvalue weighted by molar-refractivity contribution is 8.00. The van der Waals surface area contributed by atoms with E-state index in [9.17, 15) is 14.4 Å². The van der Waals surface area contributed by atoms with Crippen molar-refractivity contribution < 1.29 is 28.6 Å². The lowest BCUT2D eigenvalue weighted by atomic mass is 10.1. The molecule has 0 radical (unpaired) electrons. The fourth-order valence-corrected chi connectivity index (χ4v) is 5.57. The zero-order chi connectivity index (χ0) is 33.2. The Hall–Kier alpha value is -4.64. The molecule has 4 aromatic carbocycles. The molecule has 4 rings (SSSR count). The fourth-order valence-electron chi connectivity index (χ4n) is 4.19. The molecule has 238 valence electrons. The van der Waals surface area contributed by atoms with Gasteiger partial charge < -0.3 is 30.2 Å². The molecule has 0 saturated carbocycles. The molecule has 9 nitrogen and oxygen atoms in total. The summed E-state index contributed by atoms with van der Waals surface area (Å²) in [5.74, 6) is -0.101. The molecule has 0 bridgehead atoms. The highest BCUT2D eigenvalue weighted by Gasteiger charge is 2.20. The monoisotopic (exact) mass is 679 g/mol. The van der Waals surface area contributed by atoms with Crippen molar-refractivity contribution >= 4 is 70.1 Å². The number of rotatable bonds is 12. The zero-order valence-corrected chi connectivity index (χ0v) is 27.7. The van der Waals surface area contributed by atoms with Crippen LogP contribution in [0.3, 0.4) is 0 Å². The van der Waals surface area contributed by atoms with E-state index in [-0.39, 0.29) is 11.6 Å². The summed E-state index contributed by atoms with van der Waals surface area (Å²) in [6, 6.07) is 23.6. The minimum atomic E-state index is -0.591. The fraction of sp³-hybridized carbons (Fsp3) is 0.147. The van der Waals surface area contributed by atoms with Gasteiger partial charge in [0.15, 0.2) is 11.5 Å². The van der Waals surface area contributed by atoms with Crippen LogP contribution in [0.1, 0.15) is 22.8 Å². The predicted molar refractivity (Wildman–Crippen MR) is 183 cm³/mol. The van der Waals surface area contributed by atoms with Crippen molar-refractivity contribution in [2.24, 2.45) is 0 Å². The third-order valence-corrected chi connectivity index (χ3v) is 8.17. The van der Waals surface area contributed by atoms with Crippen LogP contribution in [0.25, 0.3) is 6.08 Å². The number of anilines is 2. The Labute approximate surface area is 281 Å². The van der Waals surface area contributed by atoms with Gasteiger partial charge in [-0.3, -0.25) is 14.4 Å². The molecule has 0 spiro atoms. The van der Waals surface area contributed by atoms with Crippen LogP contribution >= 0.6 is 35.0 Å². The van der Waals surface area contributed by atoms with Gasteiger partial charge >= 0.3 is 0 Å². The first-order valence-electron chi connectivity index (χ1n) is 13.8. The van der Waals surface area contributed by atoms with Gasteiger partial charge in [0.1, 0.15) is 11.4 Å². The highest BCUT2D eigenvalue weighted by Crippen LogP contribution is 2.36. The molecule has 0 aliphatic carbocycles. The number of ether oxygens (including phenoxy) is 3. The summed E-state index contributed by atoms with van der Waals surface area (Å²) in [4.78, 5) is 40.4. The van der Waals surface area contributed by atoms with Gasteiger partial charge in [0.25, 0.3) is 11.8 Å². The Morgan fingerprint density at radius 3 is 2.15 bits per heavy atom. The number of amides is 3. The molecule has 0 aliphatic rings. The second-order valence-corrected chi connectivity index (χ2v) is 11.9. The van der Waals surface area contributed by atoms with E-state index < -0.39 is 17.1 Å². The second kappa shape index (κ2) is 16.1. The molecule has 0 aliphatic heterocycles. The van der Waals surface area contributed by atoms with Crippen LogP contribution in [0.4, 0.5) is 11.4 Å². The number of hydrogen-bond acceptors (Lipinski definition) is 7. The summed E-state index contributed by atoms with van der Waals surface area (Å²) in [5.41, 5.74) is 1.68. The van der Waals surface area contributed by atoms with Crippen LogP contribution in [0, 0.1) is 0 Å². The lowest BCUT2D eigenvalue weighted by molar-refractivity contribution is -0.115. The second-order valence-electron chi connectivity index (χ2n) is 9.68. The van der Waals surface area contributed by atoms with Crippen molar-refractivity contribution in [3.63, 3.8) is 0 Å². The Balaban J connectivity index is 1.57. The number of nitrogens with one attached hydrogen (secondary N) is 3. The Bertz CT molecular complexity index is 1770. The first-order valence-corrected chi connectivity index (χ1v) is 15.5. The Kier molecular flexibility index (Phi) is 12.0. The van der Waals surface area contributed by atoms with Crippen molar-refractivity contribution in [3.8, 4) is 17.2 Å². The maximum Gasteiger partial charge on any atom is 0.272 e. The van der Waals surface area contributed by atoms with E-state index in [2.05, 4.69) is 16.0 Å². The number of benzene rings is 4. The summed E-state index contributed by atoms with van der Waals surface area (Å²) in [7, 11) is 4.47. The van der Waals surface area contributed by atoms with Crippen molar-refractivity contribution in [2.45, 2.75) is 17.1 Å². The number of methoxy groups -OCH3 is 3. The minimum absolute atomic E-state index is 0.0509. The summed E-state index contributed by atoms with van der Waals surface area (Å²) in [6.45, 7) is 1.76. The average Bonchev–Trinajstić information content (AvgIpc) is 3.05. The van der Waals surface area contributed by atoms with Crippen LogP contribution in [-0.4, -0.2) is 44.3 Å². The standard InChI is InChI=1S/C34H31Cl2N3O6S/c1-20(32(40)38-27-14-13-23(35)17-26(27)36)46-25-12-8-11-24(18-25)37-34(42)28(39-33(41)21-9-6-5-7-10-21)15-22-16-30(44-3)31(45-4)19-29(22)43-2/h5-20H,1-4H3,(H,37,42)(H,38,40)(H,39,41)/b28-15+. The number of thioether (sulfide) groups is 1. The molecule has 0 aromatic heterocycles. The van der Waals surface area contributed by atoms with Crippen LogP contribution in [0.5, 0.6) is 17.2 Å². The van der Waals surface area contributed by atoms with Gasteiger partial charge in [-0.15, -0.1) is 11.8 Å². The van der Waals surface area contributed by atoms with Gasteiger partial charge in [-0.2, -0.15) is 0 Å². The zero-order valence-electron chi connectivity index (χ0n) is 25.4. The number of carbonyl (C=O) groups excluding carboxylic acids is 3. The molecular formula is C34H31Cl2N3O6S. The summed E-state index contributed by atoms with van der Waals surface area (Å²) < 4.78 is 16.3. The maximum absolute atomic E-state index is 13.7. The number of carbonyl (C=O) groups is 3. The molecule has 0 fully saturated rings. The van der Waals surface area contributed by atoms with E-state index >= 15 is 0 Å². The molecule has 46 heavy (non-hydrogen) atoms. The molecule has 0 saturated heterocycles. The van der Waals surface area contributed by atoms with Gasteiger partial charge in [0.2, 0.25) is 5.91 Å². The Morgan fingerprint density at radius 1 is 0.783 bits per heavy atom. The summed E-state index contributed by atoms with van der Waals surface area (Å²) >= 11 is 13.4. The maximum atomic E-state index is 13.7. The van der Waals surface area contributed by atoms with E-state index in [0.29, 0.717) is 49.8 Å². The van der Waals surface area contributed by atoms with E-state index in [1.807, 2.05) is 6.07 Å². The quantitative estimate of drug-likeness (QED) is 0.105. The topological polar surface area (TPSA) is 115 Å². The van der Waals surface area contributed by atoms with Crippen LogP contribution < -0.4 is 30.2 Å². The predicted octanol–water partition coefficient (Wildman–Crippen LogP) is 7.55. The molecule has 12 heteroatoms. The third kappa shape index (κ3) is 8.97. The highest BCUT2D eigenvalue weighted by atomic mass is 35.5. The van der Waals surface area contributed by atoms with Crippen LogP contribution in [-0.2, 0) is 9.59 Å². The minimum Gasteiger partial charge on any atom is -0.496 e. The van der Waals surface area contributed by atoms with Crippen molar-refractivity contribution in [2.75, 3.05) is 32.0 Å². The normalized spacial score (nSPS) is 11.7. The van der Waals surface area contributed by atoms with E-state index in [4.69, 9.17) is 37.4 Å². The lowest BCUT2D eigenvalue weighted by Crippen LogP contribution is -2.30. The molecule has 3 N–H and O–H groups in total. The van der Waals surface area contributed by atoms with Crippen molar-refractivity contribution in [1.29, 1.82) is 0 Å². The number of halogens is 2. The smallest absolute Gasteiger partial charge is 0.272 e. The van der Waals surface area contributed by atoms with Crippen LogP contribution in [0.2, 0.25) is 10.0 Å². The average molecular weight is 681 g/mol. The molecule has 0 heterocycles. The van der Waals surface area contributed by atoms with E-state index in [1.165, 1.54) is 39.2 Å². The van der Waals surface area contributed by atoms with Gasteiger partial charge in [-0.05, 0) is 67.6 Å². The lowest BCUT2D eigenvalue weighted by Gasteiger charge is -2.16. The number of hydrogen-bond donors (Lipinski definition) is 3. The van der Waals surface area contributed by atoms with Gasteiger partial charge in [-0.25, -0.2) is 0 Å². The molecule has 4 aromatic rings. The first-order chi connectivity index (χ1) is 22.1. The molecule has 1 atom stereocenters. The molecule has 3 amide bonds. The SMILES string of the molecule is COc1cc(OC)c(OC)cc1/C=C(/NC(=O)c1ccccc1)C(=O)Nc1cccc(SC(C)C(=O)Nc2ccc(Cl)cc2Cl)c1. The first kappa shape index (κ1) is 34.2. The van der Waals surface area contributed by atoms with Gasteiger partial charge in [-0.1, -0.05) is 47.5 Å². The summed E-state index contributed by atoms with van der Waals surface area (Å²) in [5, 5.41) is 8.65. The van der Waals surface area contributed by atoms with Crippen molar-refractivity contribution in [3.05, 3.63) is 112 Å². The van der Waals surface area contributed by atoms with Crippen LogP contribution in [0.15, 0.2) is 95.5 Å². The van der Waals surface area contributed by atoms with Gasteiger partial charge in [0.05, 0.1) is 37.3 Å².